The number of piperidine rings is 1. The molecule has 2 atom stereocenters. The normalized spacial score (nSPS) is 27.2. The molecule has 0 radical (unpaired) electrons. The quantitative estimate of drug-likeness (QED) is 0.807. The summed E-state index contributed by atoms with van der Waals surface area (Å²) < 4.78 is 26.2. The Kier molecular flexibility index (Phi) is 3.50. The predicted octanol–water partition coefficient (Wildman–Crippen LogP) is 0.158. The monoisotopic (exact) mass is 258 g/mol. The van der Waals surface area contributed by atoms with Crippen LogP contribution in [-0.2, 0) is 10.0 Å². The molecular formula is C10H18N4O2S. The molecule has 1 aliphatic rings. The first-order valence-corrected chi connectivity index (χ1v) is 7.21. The van der Waals surface area contributed by atoms with Crippen molar-refractivity contribution in [3.05, 3.63) is 12.3 Å². The van der Waals surface area contributed by atoms with Gasteiger partial charge in [0, 0.05) is 12.6 Å². The van der Waals surface area contributed by atoms with Crippen LogP contribution >= 0.6 is 0 Å². The number of nitrogens with zero attached hydrogens (tertiary/aromatic N) is 2. The molecule has 17 heavy (non-hydrogen) atoms. The van der Waals surface area contributed by atoms with Crippen LogP contribution < -0.4 is 5.73 Å². The summed E-state index contributed by atoms with van der Waals surface area (Å²) in [5, 5.41) is 6.36. The van der Waals surface area contributed by atoms with Crippen molar-refractivity contribution in [1.29, 1.82) is 0 Å². The summed E-state index contributed by atoms with van der Waals surface area (Å²) in [5.74, 6) is 0.254. The van der Waals surface area contributed by atoms with Gasteiger partial charge >= 0.3 is 0 Å². The molecule has 2 rings (SSSR count). The summed E-state index contributed by atoms with van der Waals surface area (Å²) >= 11 is 0. The Morgan fingerprint density at radius 1 is 1.59 bits per heavy atom. The van der Waals surface area contributed by atoms with Gasteiger partial charge in [-0.25, -0.2) is 8.42 Å². The number of nitrogens with one attached hydrogen (secondary N) is 1. The Morgan fingerprint density at radius 3 is 2.94 bits per heavy atom. The average molecular weight is 258 g/mol. The summed E-state index contributed by atoms with van der Waals surface area (Å²) in [6.45, 7) is 2.96. The highest BCUT2D eigenvalue weighted by molar-refractivity contribution is 7.89. The maximum Gasteiger partial charge on any atom is 0.260 e. The van der Waals surface area contributed by atoms with Crippen molar-refractivity contribution in [3.63, 3.8) is 0 Å². The van der Waals surface area contributed by atoms with Gasteiger partial charge in [-0.1, -0.05) is 0 Å². The lowest BCUT2D eigenvalue weighted by Gasteiger charge is -2.36. The van der Waals surface area contributed by atoms with Gasteiger partial charge in [0.2, 0.25) is 0 Å². The van der Waals surface area contributed by atoms with Crippen LogP contribution in [0.25, 0.3) is 0 Å². The van der Waals surface area contributed by atoms with Crippen molar-refractivity contribution in [1.82, 2.24) is 14.5 Å². The minimum Gasteiger partial charge on any atom is -0.330 e. The highest BCUT2D eigenvalue weighted by atomic mass is 32.2. The Hall–Kier alpha value is -0.920. The van der Waals surface area contributed by atoms with E-state index in [9.17, 15) is 8.42 Å². The molecule has 3 N–H and O–H groups in total. The van der Waals surface area contributed by atoms with Crippen LogP contribution in [0.3, 0.4) is 0 Å². The van der Waals surface area contributed by atoms with Gasteiger partial charge in [-0.2, -0.15) is 9.40 Å². The first-order chi connectivity index (χ1) is 8.05. The molecule has 6 nitrogen and oxygen atoms in total. The minimum absolute atomic E-state index is 0.0195. The van der Waals surface area contributed by atoms with E-state index in [1.807, 2.05) is 6.92 Å². The van der Waals surface area contributed by atoms with Crippen LogP contribution in [0.5, 0.6) is 0 Å². The number of nitrogens with two attached hydrogens (primary N) is 1. The highest BCUT2D eigenvalue weighted by Gasteiger charge is 2.35. The zero-order valence-corrected chi connectivity index (χ0v) is 10.7. The third kappa shape index (κ3) is 2.36. The first kappa shape index (κ1) is 12.5. The van der Waals surface area contributed by atoms with Crippen molar-refractivity contribution >= 4 is 10.0 Å². The van der Waals surface area contributed by atoms with E-state index in [2.05, 4.69) is 10.2 Å². The molecule has 1 aromatic heterocycles. The fraction of sp³-hybridized carbons (Fsp3) is 0.700. The minimum atomic E-state index is -3.45. The van der Waals surface area contributed by atoms with E-state index >= 15 is 0 Å². The van der Waals surface area contributed by atoms with Gasteiger partial charge < -0.3 is 5.73 Å². The Morgan fingerprint density at radius 2 is 2.35 bits per heavy atom. The number of hydrogen-bond acceptors (Lipinski definition) is 4. The summed E-state index contributed by atoms with van der Waals surface area (Å²) in [7, 11) is -3.45. The molecule has 0 aliphatic carbocycles. The van der Waals surface area contributed by atoms with Gasteiger partial charge in [-0.15, -0.1) is 0 Å². The van der Waals surface area contributed by atoms with Gasteiger partial charge in [0.1, 0.15) is 0 Å². The standard InChI is InChI=1S/C10H18N4O2S/c1-8-2-3-9(6-11)7-14(8)17(15,16)10-4-5-12-13-10/h4-5,8-9H,2-3,6-7,11H2,1H3,(H,12,13). The predicted molar refractivity (Wildman–Crippen MR) is 63.7 cm³/mol. The molecule has 1 fully saturated rings. The molecule has 2 unspecified atom stereocenters. The lowest BCUT2D eigenvalue weighted by Crippen LogP contribution is -2.47. The van der Waals surface area contributed by atoms with Gasteiger partial charge in [0.15, 0.2) is 5.03 Å². The molecule has 0 saturated carbocycles. The van der Waals surface area contributed by atoms with Crippen molar-refractivity contribution in [3.8, 4) is 0 Å². The molecule has 96 valence electrons. The number of hydrogen-bond donors (Lipinski definition) is 2. The molecule has 0 bridgehead atoms. The van der Waals surface area contributed by atoms with Crippen LogP contribution in [0.2, 0.25) is 0 Å². The van der Waals surface area contributed by atoms with Crippen LogP contribution in [-0.4, -0.2) is 42.1 Å². The summed E-state index contributed by atoms with van der Waals surface area (Å²) in [4.78, 5) is 0. The highest BCUT2D eigenvalue weighted by Crippen LogP contribution is 2.26. The third-order valence-electron chi connectivity index (χ3n) is 3.32. The number of sulfonamides is 1. The fourth-order valence-corrected chi connectivity index (χ4v) is 3.83. The molecule has 0 spiro atoms. The zero-order chi connectivity index (χ0) is 12.5. The lowest BCUT2D eigenvalue weighted by atomic mass is 9.96. The number of H-pyrrole nitrogens is 1. The maximum atomic E-state index is 12.3. The SMILES string of the molecule is CC1CCC(CN)CN1S(=O)(=O)c1ccn[nH]1. The molecule has 0 amide bonds. The Balaban J connectivity index is 2.26. The molecule has 1 aromatic rings. The second-order valence-corrected chi connectivity index (χ2v) is 6.38. The van der Waals surface area contributed by atoms with E-state index in [0.717, 1.165) is 12.8 Å². The second-order valence-electron chi connectivity index (χ2n) is 4.52. The lowest BCUT2D eigenvalue weighted by molar-refractivity contribution is 0.210. The Labute approximate surface area is 101 Å². The van der Waals surface area contributed by atoms with Crippen LogP contribution in [0.1, 0.15) is 19.8 Å². The van der Waals surface area contributed by atoms with Crippen molar-refractivity contribution in [2.45, 2.75) is 30.8 Å². The fourth-order valence-electron chi connectivity index (χ4n) is 2.19. The van der Waals surface area contributed by atoms with Crippen LogP contribution in [0, 0.1) is 5.92 Å². The maximum absolute atomic E-state index is 12.3. The molecule has 7 heteroatoms. The van der Waals surface area contributed by atoms with E-state index < -0.39 is 10.0 Å². The molecule has 0 aromatic carbocycles. The number of aromatic amines is 1. The van der Waals surface area contributed by atoms with E-state index in [0.29, 0.717) is 13.1 Å². The van der Waals surface area contributed by atoms with Crippen molar-refractivity contribution in [2.24, 2.45) is 11.7 Å². The van der Waals surface area contributed by atoms with Crippen LogP contribution in [0.15, 0.2) is 17.3 Å². The molecule has 1 saturated heterocycles. The molecular weight excluding hydrogens is 240 g/mol. The summed E-state index contributed by atoms with van der Waals surface area (Å²) in [6, 6.07) is 1.50. The molecule has 1 aliphatic heterocycles. The van der Waals surface area contributed by atoms with Crippen molar-refractivity contribution in [2.75, 3.05) is 13.1 Å². The summed E-state index contributed by atoms with van der Waals surface area (Å²) in [5.41, 5.74) is 5.63. The van der Waals surface area contributed by atoms with Crippen LogP contribution in [0.4, 0.5) is 0 Å². The van der Waals surface area contributed by atoms with E-state index in [4.69, 9.17) is 5.73 Å². The van der Waals surface area contributed by atoms with E-state index in [1.165, 1.54) is 16.6 Å². The van der Waals surface area contributed by atoms with Gasteiger partial charge in [0.25, 0.3) is 10.0 Å². The second kappa shape index (κ2) is 4.75. The first-order valence-electron chi connectivity index (χ1n) is 5.77. The van der Waals surface area contributed by atoms with Gasteiger partial charge in [0.05, 0.1) is 6.20 Å². The van der Waals surface area contributed by atoms with E-state index in [1.54, 1.807) is 0 Å². The number of aromatic nitrogens is 2. The van der Waals surface area contributed by atoms with E-state index in [-0.39, 0.29) is 17.0 Å². The number of rotatable bonds is 3. The van der Waals surface area contributed by atoms with Crippen molar-refractivity contribution < 1.29 is 8.42 Å². The average Bonchev–Trinajstić information content (AvgIpc) is 2.83. The smallest absolute Gasteiger partial charge is 0.260 e. The topological polar surface area (TPSA) is 92.1 Å². The van der Waals surface area contributed by atoms with Gasteiger partial charge in [-0.05, 0) is 38.3 Å². The third-order valence-corrected chi connectivity index (χ3v) is 5.23. The van der Waals surface area contributed by atoms with Gasteiger partial charge in [-0.3, -0.25) is 5.10 Å². The Bertz CT molecular complexity index is 457. The zero-order valence-electron chi connectivity index (χ0n) is 9.83. The largest absolute Gasteiger partial charge is 0.330 e. The summed E-state index contributed by atoms with van der Waals surface area (Å²) in [6.07, 6.45) is 3.30. The molecule has 2 heterocycles.